The van der Waals surface area contributed by atoms with Crippen molar-refractivity contribution in [2.24, 2.45) is 5.73 Å². The number of hydrogen-bond donors (Lipinski definition) is 2. The molecule has 0 radical (unpaired) electrons. The van der Waals surface area contributed by atoms with Crippen molar-refractivity contribution in [3.63, 3.8) is 0 Å². The quantitative estimate of drug-likeness (QED) is 0.286. The van der Waals surface area contributed by atoms with Crippen molar-refractivity contribution in [3.8, 4) is 22.9 Å². The lowest BCUT2D eigenvalue weighted by atomic mass is 10.0. The normalized spacial score (nSPS) is 16.5. The molecule has 0 unspecified atom stereocenters. The summed E-state index contributed by atoms with van der Waals surface area (Å²) in [7, 11) is 4.74. The summed E-state index contributed by atoms with van der Waals surface area (Å²) in [5, 5.41) is 3.45. The van der Waals surface area contributed by atoms with Crippen molar-refractivity contribution < 1.29 is 19.0 Å². The van der Waals surface area contributed by atoms with Crippen molar-refractivity contribution in [2.45, 2.75) is 38.4 Å². The SMILES string of the molecule is COc1cc(-n2cnc(Nc3nc(N4CCC[C@H]4C(N)=O)nc4c3CN(Cc3ccccc3)CC4)c2)cc(OC)c1OC. The zero-order chi connectivity index (χ0) is 29.9. The fourth-order valence-electron chi connectivity index (χ4n) is 5.83. The second-order valence-corrected chi connectivity index (χ2v) is 10.7. The molecule has 2 aromatic carbocycles. The minimum Gasteiger partial charge on any atom is -0.493 e. The van der Waals surface area contributed by atoms with E-state index in [-0.39, 0.29) is 5.91 Å². The highest BCUT2D eigenvalue weighted by Crippen LogP contribution is 2.39. The minimum absolute atomic E-state index is 0.355. The fraction of sp³-hybridized carbons (Fsp3) is 0.355. The van der Waals surface area contributed by atoms with Gasteiger partial charge in [-0.25, -0.2) is 9.97 Å². The van der Waals surface area contributed by atoms with E-state index < -0.39 is 6.04 Å². The van der Waals surface area contributed by atoms with Gasteiger partial charge in [0.05, 0.1) is 38.9 Å². The van der Waals surface area contributed by atoms with Crippen molar-refractivity contribution >= 4 is 23.5 Å². The van der Waals surface area contributed by atoms with Crippen LogP contribution < -0.4 is 30.2 Å². The average Bonchev–Trinajstić information content (AvgIpc) is 3.71. The van der Waals surface area contributed by atoms with E-state index in [4.69, 9.17) is 29.9 Å². The van der Waals surface area contributed by atoms with Gasteiger partial charge in [0.2, 0.25) is 17.6 Å². The van der Waals surface area contributed by atoms with Gasteiger partial charge in [0.15, 0.2) is 11.5 Å². The maximum absolute atomic E-state index is 12.2. The Morgan fingerprint density at radius 3 is 2.51 bits per heavy atom. The lowest BCUT2D eigenvalue weighted by Gasteiger charge is -2.31. The maximum Gasteiger partial charge on any atom is 0.240 e. The summed E-state index contributed by atoms with van der Waals surface area (Å²) in [6.07, 6.45) is 5.91. The third-order valence-electron chi connectivity index (χ3n) is 7.99. The van der Waals surface area contributed by atoms with Crippen molar-refractivity contribution in [1.82, 2.24) is 24.4 Å². The molecule has 2 aromatic heterocycles. The number of fused-ring (bicyclic) bond motifs is 1. The summed E-state index contributed by atoms with van der Waals surface area (Å²) in [5.41, 5.74) is 9.76. The molecular weight excluding hydrogens is 548 g/mol. The zero-order valence-corrected chi connectivity index (χ0v) is 24.6. The summed E-state index contributed by atoms with van der Waals surface area (Å²) in [4.78, 5) is 31.1. The number of aromatic nitrogens is 4. The maximum atomic E-state index is 12.2. The van der Waals surface area contributed by atoms with Gasteiger partial charge in [-0.05, 0) is 18.4 Å². The molecule has 2 aliphatic heterocycles. The molecule has 1 fully saturated rings. The standard InChI is InChI=1S/C31H36N8O4/c1-41-25-14-21(15-26(42-2)28(25)43-3)38-18-27(33-19-38)35-30-22-17-37(16-20-8-5-4-6-9-20)13-11-23(22)34-31(36-30)39-12-7-10-24(39)29(32)40/h4-6,8-9,14-15,18-19,24H,7,10-13,16-17H2,1-3H3,(H2,32,40)(H,34,35,36)/t24-/m0/s1. The van der Waals surface area contributed by atoms with Crippen LogP contribution >= 0.6 is 0 Å². The highest BCUT2D eigenvalue weighted by Gasteiger charge is 2.33. The van der Waals surface area contributed by atoms with Crippen molar-refractivity contribution in [1.29, 1.82) is 0 Å². The predicted octanol–water partition coefficient (Wildman–Crippen LogP) is 3.44. The van der Waals surface area contributed by atoms with Crippen LogP contribution in [0.3, 0.4) is 0 Å². The van der Waals surface area contributed by atoms with E-state index in [9.17, 15) is 4.79 Å². The number of benzene rings is 2. The number of amides is 1. The molecule has 12 nitrogen and oxygen atoms in total. The molecule has 0 aliphatic carbocycles. The molecule has 4 heterocycles. The topological polar surface area (TPSA) is 133 Å². The highest BCUT2D eigenvalue weighted by molar-refractivity contribution is 5.83. The minimum atomic E-state index is -0.414. The van der Waals surface area contributed by atoms with Gasteiger partial charge in [0.1, 0.15) is 24.0 Å². The van der Waals surface area contributed by atoms with Crippen LogP contribution in [-0.4, -0.2) is 70.8 Å². The van der Waals surface area contributed by atoms with E-state index in [2.05, 4.69) is 39.5 Å². The molecule has 2 aliphatic rings. The Hall–Kier alpha value is -4.84. The summed E-state index contributed by atoms with van der Waals surface area (Å²) >= 11 is 0. The van der Waals surface area contributed by atoms with Crippen LogP contribution in [0.5, 0.6) is 17.2 Å². The Morgan fingerprint density at radius 2 is 1.81 bits per heavy atom. The van der Waals surface area contributed by atoms with E-state index in [0.717, 1.165) is 42.9 Å². The van der Waals surface area contributed by atoms with Crippen LogP contribution in [0.4, 0.5) is 17.6 Å². The average molecular weight is 585 g/mol. The molecule has 0 spiro atoms. The number of ether oxygens (including phenoxy) is 3. The molecule has 1 amide bonds. The molecule has 43 heavy (non-hydrogen) atoms. The second-order valence-electron chi connectivity index (χ2n) is 10.7. The number of nitrogens with two attached hydrogens (primary N) is 1. The summed E-state index contributed by atoms with van der Waals surface area (Å²) in [6.45, 7) is 3.06. The third kappa shape index (κ3) is 5.78. The highest BCUT2D eigenvalue weighted by atomic mass is 16.5. The lowest BCUT2D eigenvalue weighted by Crippen LogP contribution is -2.41. The number of rotatable bonds is 10. The second kappa shape index (κ2) is 12.2. The van der Waals surface area contributed by atoms with Gasteiger partial charge < -0.3 is 34.7 Å². The number of nitrogens with zero attached hydrogens (tertiary/aromatic N) is 6. The van der Waals surface area contributed by atoms with E-state index in [1.54, 1.807) is 27.7 Å². The van der Waals surface area contributed by atoms with Crippen LogP contribution in [0.25, 0.3) is 5.69 Å². The number of hydrogen-bond acceptors (Lipinski definition) is 10. The first-order chi connectivity index (χ1) is 21.0. The van der Waals surface area contributed by atoms with Gasteiger partial charge in [-0.15, -0.1) is 0 Å². The molecule has 1 saturated heterocycles. The Kier molecular flexibility index (Phi) is 8.01. The van der Waals surface area contributed by atoms with Crippen LogP contribution in [0.15, 0.2) is 55.0 Å². The van der Waals surface area contributed by atoms with Crippen LogP contribution in [-0.2, 0) is 24.3 Å². The molecule has 0 bridgehead atoms. The molecule has 0 saturated carbocycles. The van der Waals surface area contributed by atoms with Crippen molar-refractivity contribution in [2.75, 3.05) is 44.6 Å². The van der Waals surface area contributed by atoms with E-state index in [0.29, 0.717) is 54.3 Å². The molecule has 6 rings (SSSR count). The number of imidazole rings is 1. The Balaban J connectivity index is 1.33. The van der Waals surface area contributed by atoms with E-state index >= 15 is 0 Å². The van der Waals surface area contributed by atoms with E-state index in [1.165, 1.54) is 5.56 Å². The Labute approximate surface area is 250 Å². The van der Waals surface area contributed by atoms with E-state index in [1.807, 2.05) is 33.9 Å². The number of carbonyl (C=O) groups is 1. The first-order valence-electron chi connectivity index (χ1n) is 14.3. The van der Waals surface area contributed by atoms with Gasteiger partial charge in [-0.2, -0.15) is 4.98 Å². The number of primary amides is 1. The number of nitrogens with one attached hydrogen (secondary N) is 1. The molecular formula is C31H36N8O4. The lowest BCUT2D eigenvalue weighted by molar-refractivity contribution is -0.119. The molecule has 224 valence electrons. The summed E-state index contributed by atoms with van der Waals surface area (Å²) in [6, 6.07) is 13.7. The van der Waals surface area contributed by atoms with Gasteiger partial charge in [-0.3, -0.25) is 9.69 Å². The molecule has 12 heteroatoms. The van der Waals surface area contributed by atoms with Crippen LogP contribution in [0.1, 0.15) is 29.7 Å². The smallest absolute Gasteiger partial charge is 0.240 e. The first-order valence-corrected chi connectivity index (χ1v) is 14.3. The third-order valence-corrected chi connectivity index (χ3v) is 7.99. The van der Waals surface area contributed by atoms with Gasteiger partial charge in [0.25, 0.3) is 0 Å². The van der Waals surface area contributed by atoms with Crippen LogP contribution in [0.2, 0.25) is 0 Å². The Bertz CT molecular complexity index is 1580. The monoisotopic (exact) mass is 584 g/mol. The molecule has 3 N–H and O–H groups in total. The first kappa shape index (κ1) is 28.3. The predicted molar refractivity (Wildman–Crippen MR) is 162 cm³/mol. The zero-order valence-electron chi connectivity index (χ0n) is 24.6. The number of anilines is 3. The molecule has 4 aromatic rings. The largest absolute Gasteiger partial charge is 0.493 e. The van der Waals surface area contributed by atoms with Crippen molar-refractivity contribution in [3.05, 3.63) is 71.8 Å². The number of carbonyl (C=O) groups excluding carboxylic acids is 1. The molecule has 1 atom stereocenters. The fourth-order valence-corrected chi connectivity index (χ4v) is 5.83. The van der Waals surface area contributed by atoms with Gasteiger partial charge in [-0.1, -0.05) is 30.3 Å². The number of methoxy groups -OCH3 is 3. The summed E-state index contributed by atoms with van der Waals surface area (Å²) < 4.78 is 18.4. The van der Waals surface area contributed by atoms with Gasteiger partial charge in [0, 0.05) is 50.3 Å². The van der Waals surface area contributed by atoms with Crippen LogP contribution in [0, 0.1) is 0 Å². The van der Waals surface area contributed by atoms with Gasteiger partial charge >= 0.3 is 0 Å². The Morgan fingerprint density at radius 1 is 1.05 bits per heavy atom. The summed E-state index contributed by atoms with van der Waals surface area (Å²) in [5.74, 6) is 3.04.